The summed E-state index contributed by atoms with van der Waals surface area (Å²) in [4.78, 5) is 18.7. The van der Waals surface area contributed by atoms with E-state index in [9.17, 15) is 49.4 Å². The minimum absolute atomic E-state index is 0.0500. The van der Waals surface area contributed by atoms with Crippen LogP contribution in [0.25, 0.3) is 0 Å². The maximum Gasteiger partial charge on any atom is 0.433 e. The smallest absolute Gasteiger partial charge is 0.433 e. The van der Waals surface area contributed by atoms with E-state index in [1.165, 1.54) is 7.05 Å². The number of carbonyl (C=O) groups is 1. The van der Waals surface area contributed by atoms with Crippen molar-refractivity contribution >= 4 is 17.7 Å². The number of hydrogen-bond acceptors (Lipinski definition) is 5. The number of amides is 1. The van der Waals surface area contributed by atoms with Crippen LogP contribution in [0, 0.1) is 0 Å². The number of fused-ring (bicyclic) bond motifs is 1. The molecule has 2 unspecified atom stereocenters. The summed E-state index contributed by atoms with van der Waals surface area (Å²) in [6.45, 7) is 0.885. The van der Waals surface area contributed by atoms with Crippen LogP contribution < -0.4 is 14.6 Å². The lowest BCUT2D eigenvalue weighted by atomic mass is 9.91. The number of aromatic amines is 1. The molecule has 41 heavy (non-hydrogen) atoms. The monoisotopic (exact) mass is 598 g/mol. The van der Waals surface area contributed by atoms with Gasteiger partial charge in [0.15, 0.2) is 0 Å². The fraction of sp³-hybridized carbons (Fsp3) is 0.435. The first-order chi connectivity index (χ1) is 18.9. The number of hydrogen-bond donors (Lipinski definition) is 2. The molecule has 18 heteroatoms. The minimum Gasteiger partial charge on any atom is -0.465 e. The van der Waals surface area contributed by atoms with Gasteiger partial charge in [0.1, 0.15) is 12.7 Å². The van der Waals surface area contributed by atoms with Crippen molar-refractivity contribution in [3.63, 3.8) is 0 Å². The molecule has 9 nitrogen and oxygen atoms in total. The van der Waals surface area contributed by atoms with E-state index in [1.54, 1.807) is 6.92 Å². The van der Waals surface area contributed by atoms with Gasteiger partial charge < -0.3 is 10.0 Å². The molecule has 1 amide bonds. The summed E-state index contributed by atoms with van der Waals surface area (Å²) in [6.07, 6.45) is -16.8. The molecule has 222 valence electrons. The van der Waals surface area contributed by atoms with E-state index in [0.717, 1.165) is 20.7 Å². The molecular formula is C23H21F9N7O2+. The second kappa shape index (κ2) is 10.4. The molecule has 0 bridgehead atoms. The second-order valence-electron chi connectivity index (χ2n) is 9.24. The van der Waals surface area contributed by atoms with Gasteiger partial charge in [-0.05, 0) is 54.0 Å². The maximum atomic E-state index is 13.6. The van der Waals surface area contributed by atoms with Crippen molar-refractivity contribution < 1.29 is 54.2 Å². The zero-order valence-electron chi connectivity index (χ0n) is 21.1. The Bertz CT molecular complexity index is 1400. The molecule has 3 heterocycles. The summed E-state index contributed by atoms with van der Waals surface area (Å²) in [6, 6.07) is 0.294. The zero-order chi connectivity index (χ0) is 30.5. The van der Waals surface area contributed by atoms with Crippen LogP contribution in [0.2, 0.25) is 0 Å². The van der Waals surface area contributed by atoms with Gasteiger partial charge in [0, 0.05) is 17.7 Å². The van der Waals surface area contributed by atoms with Gasteiger partial charge in [-0.25, -0.2) is 9.78 Å². The Morgan fingerprint density at radius 2 is 1.66 bits per heavy atom. The Morgan fingerprint density at radius 3 is 2.12 bits per heavy atom. The molecular weight excluding hydrogens is 577 g/mol. The van der Waals surface area contributed by atoms with Crippen molar-refractivity contribution in [1.29, 1.82) is 0 Å². The highest BCUT2D eigenvalue weighted by Crippen LogP contribution is 2.44. The molecule has 1 aliphatic rings. The van der Waals surface area contributed by atoms with Crippen LogP contribution in [0.4, 0.5) is 55.9 Å². The quantitative estimate of drug-likeness (QED) is 0.298. The van der Waals surface area contributed by atoms with Crippen LogP contribution in [0.3, 0.4) is 0 Å². The number of alkyl halides is 9. The number of anilines is 2. The van der Waals surface area contributed by atoms with Crippen LogP contribution in [-0.4, -0.2) is 37.6 Å². The molecule has 4 rings (SSSR count). The number of nitrogens with one attached hydrogen (secondary N) is 1. The number of aromatic nitrogens is 5. The summed E-state index contributed by atoms with van der Waals surface area (Å²) in [5, 5.41) is 20.2. The Hall–Kier alpha value is -4.12. The van der Waals surface area contributed by atoms with Crippen molar-refractivity contribution in [3.05, 3.63) is 58.4 Å². The SMILES string of the molecule is CCC1CC(N(Cc2cc(C(F)(F)F)cc(C(F)(F)F)c2)c2n[nH][n+](C)n2)c2nc(C(F)(F)F)ccc2N1C(=O)O. The number of rotatable bonds is 5. The van der Waals surface area contributed by atoms with E-state index in [2.05, 4.69) is 20.4 Å². The highest BCUT2D eigenvalue weighted by atomic mass is 19.4. The first-order valence-corrected chi connectivity index (χ1v) is 11.8. The molecule has 0 spiro atoms. The molecule has 2 aromatic heterocycles. The van der Waals surface area contributed by atoms with Crippen LogP contribution in [0.1, 0.15) is 53.9 Å². The number of carboxylic acid groups (broad SMARTS) is 1. The third-order valence-corrected chi connectivity index (χ3v) is 6.47. The lowest BCUT2D eigenvalue weighted by Gasteiger charge is -2.41. The van der Waals surface area contributed by atoms with E-state index < -0.39 is 71.3 Å². The van der Waals surface area contributed by atoms with Gasteiger partial charge in [-0.15, -0.1) is 0 Å². The highest BCUT2D eigenvalue weighted by molar-refractivity contribution is 5.88. The molecule has 0 saturated heterocycles. The van der Waals surface area contributed by atoms with Gasteiger partial charge in [-0.2, -0.15) is 39.5 Å². The van der Waals surface area contributed by atoms with Gasteiger partial charge in [-0.1, -0.05) is 11.7 Å². The van der Waals surface area contributed by atoms with Crippen molar-refractivity contribution in [2.75, 3.05) is 9.80 Å². The van der Waals surface area contributed by atoms with Crippen molar-refractivity contribution in [2.45, 2.75) is 56.9 Å². The molecule has 2 N–H and O–H groups in total. The lowest BCUT2D eigenvalue weighted by molar-refractivity contribution is -0.783. The van der Waals surface area contributed by atoms with Crippen molar-refractivity contribution in [2.24, 2.45) is 7.05 Å². The van der Waals surface area contributed by atoms with Crippen LogP contribution in [0.5, 0.6) is 0 Å². The normalized spacial score (nSPS) is 17.9. The number of nitrogens with zero attached hydrogens (tertiary/aromatic N) is 6. The van der Waals surface area contributed by atoms with E-state index in [-0.39, 0.29) is 30.5 Å². The largest absolute Gasteiger partial charge is 0.465 e. The second-order valence-corrected chi connectivity index (χ2v) is 9.24. The zero-order valence-corrected chi connectivity index (χ0v) is 21.1. The lowest BCUT2D eigenvalue weighted by Crippen LogP contribution is -2.48. The van der Waals surface area contributed by atoms with Gasteiger partial charge >= 0.3 is 30.6 Å². The first-order valence-electron chi connectivity index (χ1n) is 11.8. The van der Waals surface area contributed by atoms with Gasteiger partial charge in [-0.3, -0.25) is 4.90 Å². The molecule has 2 atom stereocenters. The standard InChI is InChI=1S/C23H20F9N7O2/c1-3-14-9-16(18-15(39(14)20(40)41)4-5-17(33-18)23(30,31)32)38(19-34-36-37(2)35-19)10-11-6-12(21(24,25)26)8-13(7-11)22(27,28)29/h4-8,14,16H,3,9-10H2,1-2H3,(H,40,41)/p+1. The van der Waals surface area contributed by atoms with Crippen molar-refractivity contribution in [3.8, 4) is 0 Å². The minimum atomic E-state index is -5.15. The van der Waals surface area contributed by atoms with E-state index in [4.69, 9.17) is 0 Å². The Morgan fingerprint density at radius 1 is 1.05 bits per heavy atom. The Labute approximate surface area is 225 Å². The Balaban J connectivity index is 1.93. The molecule has 1 aromatic carbocycles. The summed E-state index contributed by atoms with van der Waals surface area (Å²) in [5.74, 6) is -0.285. The molecule has 0 aliphatic carbocycles. The van der Waals surface area contributed by atoms with Gasteiger partial charge in [0.2, 0.25) is 0 Å². The summed E-state index contributed by atoms with van der Waals surface area (Å²) in [5.41, 5.74) is -5.69. The van der Waals surface area contributed by atoms with Gasteiger partial charge in [0.25, 0.3) is 0 Å². The maximum absolute atomic E-state index is 13.6. The number of pyridine rings is 1. The third kappa shape index (κ3) is 6.14. The summed E-state index contributed by atoms with van der Waals surface area (Å²) < 4.78 is 122. The first kappa shape index (κ1) is 29.9. The van der Waals surface area contributed by atoms with Crippen molar-refractivity contribution in [1.82, 2.24) is 20.4 Å². The predicted octanol–water partition coefficient (Wildman–Crippen LogP) is 5.50. The number of tetrazole rings is 1. The fourth-order valence-corrected chi connectivity index (χ4v) is 4.67. The van der Waals surface area contributed by atoms with Crippen LogP contribution >= 0.6 is 0 Å². The number of benzene rings is 1. The molecule has 3 aromatic rings. The Kier molecular flexibility index (Phi) is 7.55. The predicted molar refractivity (Wildman–Crippen MR) is 121 cm³/mol. The molecule has 0 fully saturated rings. The van der Waals surface area contributed by atoms with Gasteiger partial charge in [0.05, 0.1) is 33.6 Å². The van der Waals surface area contributed by atoms with Crippen LogP contribution in [-0.2, 0) is 32.1 Å². The molecule has 0 saturated carbocycles. The van der Waals surface area contributed by atoms with E-state index in [0.29, 0.717) is 18.2 Å². The third-order valence-electron chi connectivity index (χ3n) is 6.47. The molecule has 1 aliphatic heterocycles. The fourth-order valence-electron chi connectivity index (χ4n) is 4.67. The average Bonchev–Trinajstić information content (AvgIpc) is 3.30. The van der Waals surface area contributed by atoms with Crippen LogP contribution in [0.15, 0.2) is 30.3 Å². The number of halogens is 9. The summed E-state index contributed by atoms with van der Waals surface area (Å²) >= 11 is 0. The van der Waals surface area contributed by atoms with E-state index >= 15 is 0 Å². The molecule has 0 radical (unpaired) electrons. The number of aryl methyl sites for hydroxylation is 1. The highest BCUT2D eigenvalue weighted by Gasteiger charge is 2.44. The summed E-state index contributed by atoms with van der Waals surface area (Å²) in [7, 11) is 1.37. The average molecular weight is 598 g/mol. The number of H-pyrrole nitrogens is 1. The van der Waals surface area contributed by atoms with E-state index in [1.807, 2.05) is 0 Å². The topological polar surface area (TPSA) is 102 Å².